The molecule has 0 atom stereocenters. The van der Waals surface area contributed by atoms with Crippen molar-refractivity contribution in [3.8, 4) is 33.9 Å². The van der Waals surface area contributed by atoms with Crippen molar-refractivity contribution in [1.29, 1.82) is 0 Å². The third-order valence-electron chi connectivity index (χ3n) is 4.73. The summed E-state index contributed by atoms with van der Waals surface area (Å²) in [6.45, 7) is 9.24. The van der Waals surface area contributed by atoms with Crippen LogP contribution in [0.3, 0.4) is 0 Å². The molecule has 1 aromatic heterocycles. The fourth-order valence-electron chi connectivity index (χ4n) is 3.58. The van der Waals surface area contributed by atoms with Crippen LogP contribution >= 0.6 is 0 Å². The smallest absolute Gasteiger partial charge is 0.155 e. The number of allylic oxidation sites excluding steroid dienone is 2. The van der Waals surface area contributed by atoms with Gasteiger partial charge in [-0.15, -0.1) is 17.7 Å². The van der Waals surface area contributed by atoms with Gasteiger partial charge in [0.25, 0.3) is 0 Å². The summed E-state index contributed by atoms with van der Waals surface area (Å²) >= 11 is 0. The second-order valence-electron chi connectivity index (χ2n) is 7.58. The molecule has 0 amide bonds. The molecule has 0 aliphatic rings. The second-order valence-corrected chi connectivity index (χ2v) is 7.58. The fraction of sp³-hybridized carbons (Fsp3) is 0.259. The normalized spacial score (nSPS) is 10.5. The van der Waals surface area contributed by atoms with E-state index in [1.54, 1.807) is 20.4 Å². The molecule has 3 aromatic rings. The molecule has 0 aliphatic carbocycles. The zero-order valence-electron chi connectivity index (χ0n) is 20.1. The quantitative estimate of drug-likeness (QED) is 0.183. The first-order chi connectivity index (χ1) is 15.2. The van der Waals surface area contributed by atoms with Crippen LogP contribution in [-0.2, 0) is 24.3 Å². The minimum Gasteiger partial charge on any atom is -0.540 e. The average molecular weight is 535 g/mol. The van der Waals surface area contributed by atoms with Crippen LogP contribution in [0.5, 0.6) is 11.5 Å². The molecule has 0 aliphatic heterocycles. The first-order valence-corrected chi connectivity index (χ1v) is 10.2. The number of rotatable bonds is 5. The van der Waals surface area contributed by atoms with Gasteiger partial charge in [-0.05, 0) is 52.4 Å². The Morgan fingerprint density at radius 1 is 1.00 bits per heavy atom. The van der Waals surface area contributed by atoms with E-state index in [1.165, 1.54) is 42.2 Å². The van der Waals surface area contributed by atoms with Gasteiger partial charge in [0.1, 0.15) is 5.75 Å². The summed E-state index contributed by atoms with van der Waals surface area (Å²) < 4.78 is 10.8. The van der Waals surface area contributed by atoms with E-state index in [2.05, 4.69) is 50.0 Å². The van der Waals surface area contributed by atoms with Crippen molar-refractivity contribution in [2.45, 2.75) is 34.6 Å². The SMILES string of the molecule is CC(=O)/C=C(/C)O.COc1ccnc(-c2[c-]cc(OC)cc2-c2c(C)cc(C)cc2C)c1.[Rh]. The van der Waals surface area contributed by atoms with Crippen LogP contribution < -0.4 is 9.47 Å². The number of aryl methyl sites for hydroxylation is 3. The summed E-state index contributed by atoms with van der Waals surface area (Å²) in [7, 11) is 3.33. The number of aliphatic hydroxyl groups excluding tert-OH is 1. The zero-order valence-corrected chi connectivity index (χ0v) is 21.7. The van der Waals surface area contributed by atoms with Crippen molar-refractivity contribution >= 4 is 5.78 Å². The number of benzene rings is 2. The summed E-state index contributed by atoms with van der Waals surface area (Å²) in [6.07, 6.45) is 2.92. The Kier molecular flexibility index (Phi) is 11.0. The Morgan fingerprint density at radius 2 is 1.61 bits per heavy atom. The van der Waals surface area contributed by atoms with Crippen LogP contribution in [-0.4, -0.2) is 30.1 Å². The van der Waals surface area contributed by atoms with Crippen LogP contribution in [0.4, 0.5) is 0 Å². The van der Waals surface area contributed by atoms with Crippen LogP contribution in [0.1, 0.15) is 30.5 Å². The zero-order chi connectivity index (χ0) is 23.8. The van der Waals surface area contributed by atoms with Gasteiger partial charge in [0.15, 0.2) is 5.78 Å². The summed E-state index contributed by atoms with van der Waals surface area (Å²) in [5, 5.41) is 8.36. The van der Waals surface area contributed by atoms with Crippen LogP contribution in [0, 0.1) is 26.8 Å². The Bertz CT molecular complexity index is 1110. The maximum atomic E-state index is 10.0. The van der Waals surface area contributed by atoms with E-state index in [0.717, 1.165) is 28.3 Å². The van der Waals surface area contributed by atoms with Crippen LogP contribution in [0.15, 0.2) is 54.4 Å². The van der Waals surface area contributed by atoms with Crippen molar-refractivity contribution in [3.63, 3.8) is 0 Å². The third-order valence-corrected chi connectivity index (χ3v) is 4.73. The largest absolute Gasteiger partial charge is 0.540 e. The predicted octanol–water partition coefficient (Wildman–Crippen LogP) is 6.19. The third kappa shape index (κ3) is 7.83. The first kappa shape index (κ1) is 28.1. The van der Waals surface area contributed by atoms with Crippen LogP contribution in [0.2, 0.25) is 0 Å². The number of aromatic nitrogens is 1. The van der Waals surface area contributed by atoms with E-state index in [0.29, 0.717) is 0 Å². The van der Waals surface area contributed by atoms with E-state index < -0.39 is 0 Å². The van der Waals surface area contributed by atoms with Gasteiger partial charge in [-0.3, -0.25) is 4.79 Å². The summed E-state index contributed by atoms with van der Waals surface area (Å²) in [4.78, 5) is 14.5. The molecule has 33 heavy (non-hydrogen) atoms. The minimum absolute atomic E-state index is 0. The minimum atomic E-state index is -0.125. The number of carbonyl (C=O) groups excluding carboxylic acids is 1. The molecule has 0 spiro atoms. The number of methoxy groups -OCH3 is 2. The van der Waals surface area contributed by atoms with Gasteiger partial charge < -0.3 is 19.6 Å². The molecular formula is C27H30NO4Rh-. The first-order valence-electron chi connectivity index (χ1n) is 10.2. The van der Waals surface area contributed by atoms with Crippen molar-refractivity contribution < 1.29 is 38.9 Å². The van der Waals surface area contributed by atoms with Gasteiger partial charge >= 0.3 is 0 Å². The number of pyridine rings is 1. The van der Waals surface area contributed by atoms with Gasteiger partial charge in [-0.2, -0.15) is 0 Å². The standard InChI is InChI=1S/C22H22NO2.C5H8O2.Rh/c1-14-10-15(2)22(16(3)11-14)20-12-17(24-4)6-7-19(20)21-13-18(25-5)8-9-23-21;1-4(6)3-5(2)7;/h6,8-13H,1-5H3;3,6H,1-2H3;/q-1;;/b;4-3-;. The average Bonchev–Trinajstić information content (AvgIpc) is 2.72. The number of ketones is 1. The predicted molar refractivity (Wildman–Crippen MR) is 128 cm³/mol. The number of aliphatic hydroxyl groups is 1. The number of hydrogen-bond acceptors (Lipinski definition) is 5. The summed E-state index contributed by atoms with van der Waals surface area (Å²) in [5.41, 5.74) is 7.74. The molecule has 2 aromatic carbocycles. The summed E-state index contributed by atoms with van der Waals surface area (Å²) in [5.74, 6) is 1.49. The Morgan fingerprint density at radius 3 is 2.09 bits per heavy atom. The van der Waals surface area contributed by atoms with Crippen molar-refractivity contribution in [2.75, 3.05) is 14.2 Å². The molecule has 1 heterocycles. The molecular weight excluding hydrogens is 505 g/mol. The maximum Gasteiger partial charge on any atom is 0.155 e. The molecule has 3 rings (SSSR count). The number of hydrogen-bond donors (Lipinski definition) is 1. The molecule has 0 saturated heterocycles. The Balaban J connectivity index is 0.000000595. The van der Waals surface area contributed by atoms with Gasteiger partial charge in [0.05, 0.1) is 20.0 Å². The molecule has 0 bridgehead atoms. The summed E-state index contributed by atoms with van der Waals surface area (Å²) in [6, 6.07) is 15.4. The topological polar surface area (TPSA) is 68.7 Å². The van der Waals surface area contributed by atoms with Gasteiger partial charge in [0, 0.05) is 37.5 Å². The molecule has 0 unspecified atom stereocenters. The van der Waals surface area contributed by atoms with Gasteiger partial charge in [-0.25, -0.2) is 0 Å². The Labute approximate surface area is 209 Å². The van der Waals surface area contributed by atoms with E-state index in [-0.39, 0.29) is 31.0 Å². The molecule has 177 valence electrons. The molecule has 1 radical (unpaired) electrons. The molecule has 6 heteroatoms. The van der Waals surface area contributed by atoms with Gasteiger partial charge in [-0.1, -0.05) is 46.0 Å². The van der Waals surface area contributed by atoms with E-state index in [1.807, 2.05) is 18.2 Å². The second kappa shape index (κ2) is 12.9. The van der Waals surface area contributed by atoms with Crippen molar-refractivity contribution in [1.82, 2.24) is 4.98 Å². The molecule has 0 fully saturated rings. The number of carbonyl (C=O) groups is 1. The fourth-order valence-corrected chi connectivity index (χ4v) is 3.58. The monoisotopic (exact) mass is 535 g/mol. The van der Waals surface area contributed by atoms with E-state index in [4.69, 9.17) is 14.6 Å². The Hall–Kier alpha value is -2.98. The van der Waals surface area contributed by atoms with Crippen molar-refractivity contribution in [2.24, 2.45) is 0 Å². The number of nitrogens with zero attached hydrogens (tertiary/aromatic N) is 1. The molecule has 0 saturated carbocycles. The van der Waals surface area contributed by atoms with E-state index in [9.17, 15) is 4.79 Å². The number of ether oxygens (including phenoxy) is 2. The van der Waals surface area contributed by atoms with Gasteiger partial charge in [0.2, 0.25) is 0 Å². The molecule has 1 N–H and O–H groups in total. The maximum absolute atomic E-state index is 10.0. The van der Waals surface area contributed by atoms with Crippen molar-refractivity contribution in [3.05, 3.63) is 77.2 Å². The van der Waals surface area contributed by atoms with E-state index >= 15 is 0 Å². The molecule has 5 nitrogen and oxygen atoms in total. The van der Waals surface area contributed by atoms with Crippen LogP contribution in [0.25, 0.3) is 22.4 Å².